The minimum absolute atomic E-state index is 0.109. The summed E-state index contributed by atoms with van der Waals surface area (Å²) in [6, 6.07) is 0.109. The molecule has 17 heavy (non-hydrogen) atoms. The van der Waals surface area contributed by atoms with E-state index in [0.717, 1.165) is 0 Å². The SMILES string of the molecule is CC(C)(CCl)C(=O)Nc1nnc(C(C)(C)C)o1. The first kappa shape index (κ1) is 14.0. The molecule has 0 radical (unpaired) electrons. The highest BCUT2D eigenvalue weighted by molar-refractivity contribution is 6.20. The van der Waals surface area contributed by atoms with Gasteiger partial charge < -0.3 is 4.42 Å². The average Bonchev–Trinajstić information content (AvgIpc) is 2.65. The van der Waals surface area contributed by atoms with Gasteiger partial charge in [0.05, 0.1) is 5.41 Å². The van der Waals surface area contributed by atoms with Crippen molar-refractivity contribution in [3.05, 3.63) is 5.89 Å². The van der Waals surface area contributed by atoms with Crippen LogP contribution in [0, 0.1) is 5.41 Å². The Morgan fingerprint density at radius 3 is 2.29 bits per heavy atom. The molecule has 1 rings (SSSR count). The number of nitrogens with zero attached hydrogens (tertiary/aromatic N) is 2. The lowest BCUT2D eigenvalue weighted by molar-refractivity contribution is -0.123. The Labute approximate surface area is 106 Å². The van der Waals surface area contributed by atoms with Crippen molar-refractivity contribution in [3.8, 4) is 0 Å². The molecule has 0 aliphatic heterocycles. The van der Waals surface area contributed by atoms with Crippen molar-refractivity contribution in [2.24, 2.45) is 5.41 Å². The highest BCUT2D eigenvalue weighted by Crippen LogP contribution is 2.24. The van der Waals surface area contributed by atoms with Crippen LogP contribution in [0.3, 0.4) is 0 Å². The number of anilines is 1. The van der Waals surface area contributed by atoms with Gasteiger partial charge >= 0.3 is 6.01 Å². The van der Waals surface area contributed by atoms with Crippen molar-refractivity contribution in [2.45, 2.75) is 40.0 Å². The van der Waals surface area contributed by atoms with Gasteiger partial charge in [-0.2, -0.15) is 0 Å². The van der Waals surface area contributed by atoms with E-state index in [4.69, 9.17) is 16.0 Å². The average molecular weight is 260 g/mol. The summed E-state index contributed by atoms with van der Waals surface area (Å²) in [6.45, 7) is 9.35. The van der Waals surface area contributed by atoms with Crippen LogP contribution >= 0.6 is 11.6 Å². The van der Waals surface area contributed by atoms with E-state index < -0.39 is 5.41 Å². The van der Waals surface area contributed by atoms with E-state index in [0.29, 0.717) is 5.89 Å². The van der Waals surface area contributed by atoms with Crippen LogP contribution in [-0.2, 0) is 10.2 Å². The number of hydrogen-bond donors (Lipinski definition) is 1. The lowest BCUT2D eigenvalue weighted by Gasteiger charge is -2.18. The third-order valence-electron chi connectivity index (χ3n) is 2.24. The predicted octanol–water partition coefficient (Wildman–Crippen LogP) is 2.57. The lowest BCUT2D eigenvalue weighted by atomic mass is 9.95. The van der Waals surface area contributed by atoms with Gasteiger partial charge in [-0.1, -0.05) is 25.9 Å². The summed E-state index contributed by atoms with van der Waals surface area (Å²) in [4.78, 5) is 11.8. The van der Waals surface area contributed by atoms with Gasteiger partial charge in [-0.25, -0.2) is 0 Å². The van der Waals surface area contributed by atoms with Crippen LogP contribution in [0.1, 0.15) is 40.5 Å². The molecule has 0 atom stereocenters. The molecule has 0 fully saturated rings. The molecule has 0 saturated carbocycles. The fourth-order valence-corrected chi connectivity index (χ4v) is 1.03. The van der Waals surface area contributed by atoms with Gasteiger partial charge in [-0.15, -0.1) is 16.7 Å². The van der Waals surface area contributed by atoms with Gasteiger partial charge in [-0.05, 0) is 13.8 Å². The number of alkyl halides is 1. The Kier molecular flexibility index (Phi) is 3.81. The van der Waals surface area contributed by atoms with Crippen molar-refractivity contribution in [1.29, 1.82) is 0 Å². The zero-order valence-electron chi connectivity index (χ0n) is 10.8. The maximum atomic E-state index is 11.8. The van der Waals surface area contributed by atoms with E-state index in [2.05, 4.69) is 15.5 Å². The molecule has 0 unspecified atom stereocenters. The molecule has 0 saturated heterocycles. The van der Waals surface area contributed by atoms with Crippen molar-refractivity contribution in [2.75, 3.05) is 11.2 Å². The second-order valence-electron chi connectivity index (χ2n) is 5.63. The molecule has 6 heteroatoms. The molecular weight excluding hydrogens is 242 g/mol. The minimum atomic E-state index is -0.669. The smallest absolute Gasteiger partial charge is 0.322 e. The van der Waals surface area contributed by atoms with Crippen molar-refractivity contribution in [1.82, 2.24) is 10.2 Å². The van der Waals surface area contributed by atoms with E-state index >= 15 is 0 Å². The predicted molar refractivity (Wildman–Crippen MR) is 66.1 cm³/mol. The highest BCUT2D eigenvalue weighted by Gasteiger charge is 2.29. The minimum Gasteiger partial charge on any atom is -0.407 e. The van der Waals surface area contributed by atoms with E-state index in [-0.39, 0.29) is 23.2 Å². The summed E-state index contributed by atoms with van der Waals surface area (Å²) in [5, 5.41) is 10.2. The molecular formula is C11H18ClN3O2. The summed E-state index contributed by atoms with van der Waals surface area (Å²) in [5.74, 6) is 0.465. The van der Waals surface area contributed by atoms with Crippen molar-refractivity contribution >= 4 is 23.5 Å². The first-order chi connectivity index (χ1) is 7.66. The Morgan fingerprint density at radius 1 is 1.29 bits per heavy atom. The second kappa shape index (κ2) is 4.64. The maximum Gasteiger partial charge on any atom is 0.322 e. The van der Waals surface area contributed by atoms with Gasteiger partial charge in [0, 0.05) is 11.3 Å². The molecule has 96 valence electrons. The summed E-state index contributed by atoms with van der Waals surface area (Å²) in [5.41, 5.74) is -0.907. The lowest BCUT2D eigenvalue weighted by Crippen LogP contribution is -2.32. The standard InChI is InChI=1S/C11H18ClN3O2/c1-10(2,3)8-14-15-9(17-8)13-7(16)11(4,5)6-12/h6H2,1-5H3,(H,13,15,16). The zero-order chi connectivity index (χ0) is 13.3. The molecule has 0 aliphatic carbocycles. The molecule has 0 aromatic carbocycles. The third-order valence-corrected chi connectivity index (χ3v) is 2.90. The normalized spacial score (nSPS) is 12.6. The number of rotatable bonds is 3. The molecule has 1 aromatic rings. The van der Waals surface area contributed by atoms with Gasteiger partial charge in [0.25, 0.3) is 0 Å². The molecule has 1 N–H and O–H groups in total. The van der Waals surface area contributed by atoms with Crippen LogP contribution in [0.2, 0.25) is 0 Å². The van der Waals surface area contributed by atoms with Crippen molar-refractivity contribution in [3.63, 3.8) is 0 Å². The van der Waals surface area contributed by atoms with Gasteiger partial charge in [0.1, 0.15) is 0 Å². The number of hydrogen-bond acceptors (Lipinski definition) is 4. The zero-order valence-corrected chi connectivity index (χ0v) is 11.6. The number of carbonyl (C=O) groups is 1. The maximum absolute atomic E-state index is 11.8. The van der Waals surface area contributed by atoms with Gasteiger partial charge in [0.2, 0.25) is 11.8 Å². The van der Waals surface area contributed by atoms with Gasteiger partial charge in [-0.3, -0.25) is 10.1 Å². The largest absolute Gasteiger partial charge is 0.407 e. The number of carbonyl (C=O) groups excluding carboxylic acids is 1. The Hall–Kier alpha value is -1.10. The molecule has 1 amide bonds. The fraction of sp³-hybridized carbons (Fsp3) is 0.727. The second-order valence-corrected chi connectivity index (χ2v) is 5.90. The summed E-state index contributed by atoms with van der Waals surface area (Å²) < 4.78 is 5.36. The van der Waals surface area contributed by atoms with Crippen LogP contribution in [0.25, 0.3) is 0 Å². The van der Waals surface area contributed by atoms with Crippen LogP contribution in [0.4, 0.5) is 6.01 Å². The summed E-state index contributed by atoms with van der Waals surface area (Å²) in [7, 11) is 0. The van der Waals surface area contributed by atoms with Gasteiger partial charge in [0.15, 0.2) is 0 Å². The number of aromatic nitrogens is 2. The number of amides is 1. The first-order valence-corrected chi connectivity index (χ1v) is 5.91. The molecule has 1 aromatic heterocycles. The Bertz CT molecular complexity index is 407. The molecule has 0 aliphatic rings. The van der Waals surface area contributed by atoms with E-state index in [9.17, 15) is 4.79 Å². The van der Waals surface area contributed by atoms with E-state index in [1.807, 2.05) is 20.8 Å². The molecule has 0 spiro atoms. The molecule has 0 bridgehead atoms. The van der Waals surface area contributed by atoms with E-state index in [1.165, 1.54) is 0 Å². The number of nitrogens with one attached hydrogen (secondary N) is 1. The monoisotopic (exact) mass is 259 g/mol. The first-order valence-electron chi connectivity index (χ1n) is 5.38. The summed E-state index contributed by atoms with van der Waals surface area (Å²) in [6.07, 6.45) is 0. The quantitative estimate of drug-likeness (QED) is 0.847. The fourth-order valence-electron chi connectivity index (χ4n) is 0.904. The summed E-state index contributed by atoms with van der Waals surface area (Å²) >= 11 is 5.70. The van der Waals surface area contributed by atoms with Crippen LogP contribution in [0.15, 0.2) is 4.42 Å². The van der Waals surface area contributed by atoms with Crippen LogP contribution in [-0.4, -0.2) is 22.0 Å². The van der Waals surface area contributed by atoms with Crippen molar-refractivity contribution < 1.29 is 9.21 Å². The van der Waals surface area contributed by atoms with Crippen LogP contribution < -0.4 is 5.32 Å². The highest BCUT2D eigenvalue weighted by atomic mass is 35.5. The Balaban J connectivity index is 2.77. The molecule has 5 nitrogen and oxygen atoms in total. The Morgan fingerprint density at radius 2 is 1.88 bits per heavy atom. The van der Waals surface area contributed by atoms with Crippen LogP contribution in [0.5, 0.6) is 0 Å². The third kappa shape index (κ3) is 3.43. The van der Waals surface area contributed by atoms with E-state index in [1.54, 1.807) is 13.8 Å². The molecule has 1 heterocycles. The topological polar surface area (TPSA) is 68.0 Å². The number of halogens is 1.